The Morgan fingerprint density at radius 3 is 2.87 bits per heavy atom. The zero-order valence-corrected chi connectivity index (χ0v) is 18.3. The van der Waals surface area contributed by atoms with Gasteiger partial charge in [0.15, 0.2) is 0 Å². The predicted molar refractivity (Wildman–Crippen MR) is 118 cm³/mol. The van der Waals surface area contributed by atoms with Crippen LogP contribution >= 0.6 is 0 Å². The van der Waals surface area contributed by atoms with Gasteiger partial charge in [0.05, 0.1) is 18.2 Å². The number of methoxy groups -OCH3 is 1. The zero-order valence-electron chi connectivity index (χ0n) is 18.3. The summed E-state index contributed by atoms with van der Waals surface area (Å²) < 4.78 is 8.62. The second-order valence-electron chi connectivity index (χ2n) is 8.48. The molecule has 0 aliphatic carbocycles. The van der Waals surface area contributed by atoms with Crippen molar-refractivity contribution in [3.05, 3.63) is 52.2 Å². The molecular formula is C23H29N5O3. The first-order valence-electron chi connectivity index (χ1n) is 10.9. The van der Waals surface area contributed by atoms with Crippen LogP contribution in [0.3, 0.4) is 0 Å². The van der Waals surface area contributed by atoms with E-state index in [-0.39, 0.29) is 17.6 Å². The molecular weight excluding hydrogens is 394 g/mol. The van der Waals surface area contributed by atoms with Crippen LogP contribution in [-0.2, 0) is 19.5 Å². The van der Waals surface area contributed by atoms with Crippen molar-refractivity contribution in [3.8, 4) is 5.88 Å². The quantitative estimate of drug-likeness (QED) is 0.658. The van der Waals surface area contributed by atoms with Crippen LogP contribution in [0.1, 0.15) is 49.3 Å². The van der Waals surface area contributed by atoms with Crippen LogP contribution in [0.4, 0.5) is 0 Å². The van der Waals surface area contributed by atoms with Gasteiger partial charge in [0.2, 0.25) is 5.88 Å². The number of carbonyl (C=O) groups is 1. The molecule has 2 aromatic heterocycles. The fraction of sp³-hybridized carbons (Fsp3) is 0.478. The fourth-order valence-corrected chi connectivity index (χ4v) is 4.01. The Labute approximate surface area is 181 Å². The molecule has 0 spiro atoms. The number of ether oxygens (including phenoxy) is 1. The normalized spacial score (nSPS) is 16.2. The summed E-state index contributed by atoms with van der Waals surface area (Å²) in [5.74, 6) is 1.58. The Bertz CT molecular complexity index is 1150. The molecule has 1 aliphatic rings. The van der Waals surface area contributed by atoms with Gasteiger partial charge in [-0.05, 0) is 31.2 Å². The average Bonchev–Trinajstić information content (AvgIpc) is 2.93. The number of benzene rings is 1. The van der Waals surface area contributed by atoms with Gasteiger partial charge < -0.3 is 10.1 Å². The Balaban J connectivity index is 1.48. The number of amides is 1. The van der Waals surface area contributed by atoms with Gasteiger partial charge in [0, 0.05) is 37.0 Å². The number of nitrogens with one attached hydrogen (secondary N) is 1. The zero-order chi connectivity index (χ0) is 22.0. The van der Waals surface area contributed by atoms with Crippen molar-refractivity contribution in [1.82, 2.24) is 24.6 Å². The van der Waals surface area contributed by atoms with Crippen molar-refractivity contribution >= 4 is 16.8 Å². The average molecular weight is 424 g/mol. The lowest BCUT2D eigenvalue weighted by Crippen LogP contribution is -2.36. The predicted octanol–water partition coefficient (Wildman–Crippen LogP) is 2.78. The third-order valence-electron chi connectivity index (χ3n) is 5.82. The first kappa shape index (κ1) is 21.1. The number of fused-ring (bicyclic) bond motifs is 2. The van der Waals surface area contributed by atoms with Crippen molar-refractivity contribution < 1.29 is 9.53 Å². The van der Waals surface area contributed by atoms with E-state index in [0.717, 1.165) is 29.6 Å². The van der Waals surface area contributed by atoms with E-state index in [9.17, 15) is 9.59 Å². The highest BCUT2D eigenvalue weighted by molar-refractivity contribution is 6.06. The number of pyridine rings is 1. The first-order valence-corrected chi connectivity index (χ1v) is 10.9. The monoisotopic (exact) mass is 423 g/mol. The molecule has 8 heteroatoms. The molecule has 1 amide bonds. The number of aryl methyl sites for hydroxylation is 2. The standard InChI is InChI=1S/C23H29N5O3/c1-15(2)10-13-28-23(30)27-12-11-16(8-9-20(27)26-28)24-22(29)18-14-21(31-3)25-19-7-5-4-6-17(18)19/h4-7,14-16H,8-13H2,1-3H3,(H,24,29). The summed E-state index contributed by atoms with van der Waals surface area (Å²) in [5, 5.41) is 8.48. The molecule has 1 aliphatic heterocycles. The largest absolute Gasteiger partial charge is 0.481 e. The van der Waals surface area contributed by atoms with Gasteiger partial charge in [0.1, 0.15) is 5.82 Å². The number of rotatable bonds is 6. The molecule has 0 radical (unpaired) electrons. The van der Waals surface area contributed by atoms with Crippen molar-refractivity contribution in [2.24, 2.45) is 5.92 Å². The maximum Gasteiger partial charge on any atom is 0.345 e. The van der Waals surface area contributed by atoms with Crippen molar-refractivity contribution in [2.45, 2.75) is 58.7 Å². The van der Waals surface area contributed by atoms with E-state index in [1.165, 1.54) is 0 Å². The van der Waals surface area contributed by atoms with Gasteiger partial charge in [-0.25, -0.2) is 14.5 Å². The summed E-state index contributed by atoms with van der Waals surface area (Å²) >= 11 is 0. The van der Waals surface area contributed by atoms with Crippen LogP contribution < -0.4 is 15.7 Å². The van der Waals surface area contributed by atoms with Gasteiger partial charge in [-0.1, -0.05) is 32.0 Å². The fourth-order valence-electron chi connectivity index (χ4n) is 4.01. The highest BCUT2D eigenvalue weighted by Gasteiger charge is 2.23. The lowest BCUT2D eigenvalue weighted by atomic mass is 10.1. The summed E-state index contributed by atoms with van der Waals surface area (Å²) in [6.45, 7) is 5.48. The van der Waals surface area contributed by atoms with E-state index in [4.69, 9.17) is 4.74 Å². The molecule has 4 rings (SSSR count). The van der Waals surface area contributed by atoms with Crippen LogP contribution in [0.25, 0.3) is 10.9 Å². The second kappa shape index (κ2) is 8.91. The van der Waals surface area contributed by atoms with E-state index in [2.05, 4.69) is 29.2 Å². The van der Waals surface area contributed by atoms with Gasteiger partial charge in [-0.2, -0.15) is 5.10 Å². The van der Waals surface area contributed by atoms with Crippen LogP contribution in [0.5, 0.6) is 5.88 Å². The van der Waals surface area contributed by atoms with Crippen LogP contribution in [0.15, 0.2) is 35.1 Å². The second-order valence-corrected chi connectivity index (χ2v) is 8.48. The van der Waals surface area contributed by atoms with Gasteiger partial charge >= 0.3 is 5.69 Å². The molecule has 3 aromatic rings. The number of carbonyl (C=O) groups excluding carboxylic acids is 1. The number of para-hydroxylation sites is 1. The number of nitrogens with zero attached hydrogens (tertiary/aromatic N) is 4. The molecule has 0 bridgehead atoms. The molecule has 1 unspecified atom stereocenters. The number of hydrogen-bond donors (Lipinski definition) is 1. The lowest BCUT2D eigenvalue weighted by molar-refractivity contribution is 0.0934. The minimum Gasteiger partial charge on any atom is -0.481 e. The summed E-state index contributed by atoms with van der Waals surface area (Å²) in [7, 11) is 1.54. The van der Waals surface area contributed by atoms with E-state index in [1.54, 1.807) is 22.4 Å². The van der Waals surface area contributed by atoms with Crippen molar-refractivity contribution in [2.75, 3.05) is 7.11 Å². The SMILES string of the molecule is COc1cc(C(=O)NC2CCc3nn(CCC(C)C)c(=O)n3CC2)c2ccccc2n1. The molecule has 31 heavy (non-hydrogen) atoms. The minimum absolute atomic E-state index is 0.0318. The van der Waals surface area contributed by atoms with Crippen LogP contribution in [0.2, 0.25) is 0 Å². The molecule has 1 N–H and O–H groups in total. The maximum absolute atomic E-state index is 13.1. The summed E-state index contributed by atoms with van der Waals surface area (Å²) in [4.78, 5) is 30.2. The lowest BCUT2D eigenvalue weighted by Gasteiger charge is -2.17. The van der Waals surface area contributed by atoms with Crippen LogP contribution in [0, 0.1) is 5.92 Å². The highest BCUT2D eigenvalue weighted by atomic mass is 16.5. The van der Waals surface area contributed by atoms with E-state index >= 15 is 0 Å². The van der Waals surface area contributed by atoms with Gasteiger partial charge in [-0.15, -0.1) is 0 Å². The Hall–Kier alpha value is -3.16. The molecule has 0 saturated carbocycles. The van der Waals surface area contributed by atoms with E-state index in [0.29, 0.717) is 43.3 Å². The van der Waals surface area contributed by atoms with Gasteiger partial charge in [0.25, 0.3) is 5.91 Å². The molecule has 0 fully saturated rings. The van der Waals surface area contributed by atoms with Crippen molar-refractivity contribution in [1.29, 1.82) is 0 Å². The Morgan fingerprint density at radius 2 is 2.10 bits per heavy atom. The Kier molecular flexibility index (Phi) is 6.06. The first-order chi connectivity index (χ1) is 15.0. The van der Waals surface area contributed by atoms with E-state index in [1.807, 2.05) is 24.3 Å². The highest BCUT2D eigenvalue weighted by Crippen LogP contribution is 2.22. The summed E-state index contributed by atoms with van der Waals surface area (Å²) in [5.41, 5.74) is 1.21. The molecule has 8 nitrogen and oxygen atoms in total. The van der Waals surface area contributed by atoms with Gasteiger partial charge in [-0.3, -0.25) is 9.36 Å². The molecule has 0 saturated heterocycles. The maximum atomic E-state index is 13.1. The number of aromatic nitrogens is 4. The topological polar surface area (TPSA) is 91.0 Å². The molecule has 3 heterocycles. The molecule has 1 atom stereocenters. The minimum atomic E-state index is -0.157. The smallest absolute Gasteiger partial charge is 0.345 e. The third-order valence-corrected chi connectivity index (χ3v) is 5.82. The van der Waals surface area contributed by atoms with Crippen molar-refractivity contribution in [3.63, 3.8) is 0 Å². The summed E-state index contributed by atoms with van der Waals surface area (Å²) in [6, 6.07) is 9.17. The molecule has 164 valence electrons. The third kappa shape index (κ3) is 4.47. The molecule has 1 aromatic carbocycles. The van der Waals surface area contributed by atoms with E-state index < -0.39 is 0 Å². The Morgan fingerprint density at radius 1 is 1.29 bits per heavy atom. The summed E-state index contributed by atoms with van der Waals surface area (Å²) in [6.07, 6.45) is 3.02. The number of hydrogen-bond acceptors (Lipinski definition) is 5. The van der Waals surface area contributed by atoms with Crippen LogP contribution in [-0.4, -0.2) is 38.4 Å².